The molecular weight excluding hydrogens is 324 g/mol. The third kappa shape index (κ3) is 3.50. The lowest BCUT2D eigenvalue weighted by Gasteiger charge is -2.15. The SMILES string of the molecule is Cc1ccccc1Oc1cc(C#N)c(C#N)cc1Oc1ccccc1C. The van der Waals surface area contributed by atoms with Crippen LogP contribution < -0.4 is 9.47 Å². The Morgan fingerprint density at radius 2 is 1.00 bits per heavy atom. The number of rotatable bonds is 4. The molecule has 0 unspecified atom stereocenters. The Bertz CT molecular complexity index is 958. The van der Waals surface area contributed by atoms with Crippen molar-refractivity contribution < 1.29 is 9.47 Å². The molecule has 26 heavy (non-hydrogen) atoms. The van der Waals surface area contributed by atoms with Crippen molar-refractivity contribution in [2.75, 3.05) is 0 Å². The highest BCUT2D eigenvalue weighted by molar-refractivity contribution is 5.58. The number of para-hydroxylation sites is 2. The standard InChI is InChI=1S/C22H16N2O2/c1-15-7-3-5-9-19(15)25-21-11-17(13-23)18(14-24)12-22(21)26-20-10-6-4-8-16(20)2/h3-12H,1-2H3. The zero-order valence-electron chi connectivity index (χ0n) is 14.5. The Morgan fingerprint density at radius 3 is 1.35 bits per heavy atom. The number of hydrogen-bond donors (Lipinski definition) is 0. The molecule has 0 fully saturated rings. The highest BCUT2D eigenvalue weighted by atomic mass is 16.5. The molecular formula is C22H16N2O2. The Balaban J connectivity index is 2.09. The summed E-state index contributed by atoms with van der Waals surface area (Å²) in [5, 5.41) is 18.6. The molecule has 0 aliphatic rings. The summed E-state index contributed by atoms with van der Waals surface area (Å²) in [7, 11) is 0. The van der Waals surface area contributed by atoms with Crippen molar-refractivity contribution in [1.29, 1.82) is 10.5 Å². The Morgan fingerprint density at radius 1 is 0.615 bits per heavy atom. The van der Waals surface area contributed by atoms with Crippen LogP contribution in [0, 0.1) is 36.5 Å². The van der Waals surface area contributed by atoms with Gasteiger partial charge < -0.3 is 9.47 Å². The maximum Gasteiger partial charge on any atom is 0.171 e. The monoisotopic (exact) mass is 340 g/mol. The summed E-state index contributed by atoms with van der Waals surface area (Å²) in [6.45, 7) is 3.87. The molecule has 0 saturated carbocycles. The van der Waals surface area contributed by atoms with Gasteiger partial charge in [0.15, 0.2) is 11.5 Å². The summed E-state index contributed by atoms with van der Waals surface area (Å²) in [6.07, 6.45) is 0. The molecule has 0 aliphatic carbocycles. The van der Waals surface area contributed by atoms with E-state index < -0.39 is 0 Å². The van der Waals surface area contributed by atoms with Crippen LogP contribution in [-0.4, -0.2) is 0 Å². The number of nitrogens with zero attached hydrogens (tertiary/aromatic N) is 2. The van der Waals surface area contributed by atoms with Crippen LogP contribution >= 0.6 is 0 Å². The zero-order chi connectivity index (χ0) is 18.5. The van der Waals surface area contributed by atoms with Crippen LogP contribution in [0.1, 0.15) is 22.3 Å². The summed E-state index contributed by atoms with van der Waals surface area (Å²) in [6, 6.07) is 22.3. The fourth-order valence-corrected chi connectivity index (χ4v) is 2.48. The van der Waals surface area contributed by atoms with Crippen molar-refractivity contribution in [2.24, 2.45) is 0 Å². The minimum Gasteiger partial charge on any atom is -0.453 e. The second-order valence-corrected chi connectivity index (χ2v) is 5.80. The molecule has 0 saturated heterocycles. The van der Waals surface area contributed by atoms with Gasteiger partial charge in [0.05, 0.1) is 11.1 Å². The number of aryl methyl sites for hydroxylation is 2. The van der Waals surface area contributed by atoms with Crippen LogP contribution in [0.4, 0.5) is 0 Å². The molecule has 3 rings (SSSR count). The van der Waals surface area contributed by atoms with E-state index >= 15 is 0 Å². The van der Waals surface area contributed by atoms with Crippen LogP contribution in [0.25, 0.3) is 0 Å². The van der Waals surface area contributed by atoms with E-state index in [1.54, 1.807) is 12.1 Å². The first kappa shape index (κ1) is 17.1. The second kappa shape index (κ2) is 7.42. The lowest BCUT2D eigenvalue weighted by Crippen LogP contribution is -1.96. The molecule has 0 radical (unpaired) electrons. The Hall–Kier alpha value is -3.76. The van der Waals surface area contributed by atoms with Crippen molar-refractivity contribution in [1.82, 2.24) is 0 Å². The van der Waals surface area contributed by atoms with Gasteiger partial charge in [0, 0.05) is 12.1 Å². The molecule has 4 nitrogen and oxygen atoms in total. The fourth-order valence-electron chi connectivity index (χ4n) is 2.48. The average molecular weight is 340 g/mol. The largest absolute Gasteiger partial charge is 0.453 e. The second-order valence-electron chi connectivity index (χ2n) is 5.80. The van der Waals surface area contributed by atoms with E-state index in [-0.39, 0.29) is 11.1 Å². The molecule has 0 bridgehead atoms. The van der Waals surface area contributed by atoms with E-state index in [2.05, 4.69) is 0 Å². The van der Waals surface area contributed by atoms with Crippen molar-refractivity contribution in [3.8, 4) is 35.1 Å². The summed E-state index contributed by atoms with van der Waals surface area (Å²) in [5.74, 6) is 2.10. The zero-order valence-corrected chi connectivity index (χ0v) is 14.5. The number of benzene rings is 3. The van der Waals surface area contributed by atoms with Crippen LogP contribution in [-0.2, 0) is 0 Å². The summed E-state index contributed by atoms with van der Waals surface area (Å²) >= 11 is 0. The van der Waals surface area contributed by atoms with Crippen LogP contribution in [0.2, 0.25) is 0 Å². The number of ether oxygens (including phenoxy) is 2. The van der Waals surface area contributed by atoms with Crippen molar-refractivity contribution >= 4 is 0 Å². The minimum atomic E-state index is 0.244. The van der Waals surface area contributed by atoms with Crippen LogP contribution in [0.5, 0.6) is 23.0 Å². The lowest BCUT2D eigenvalue weighted by atomic mass is 10.1. The Kier molecular flexibility index (Phi) is 4.87. The summed E-state index contributed by atoms with van der Waals surface area (Å²) < 4.78 is 12.0. The van der Waals surface area contributed by atoms with Crippen molar-refractivity contribution in [2.45, 2.75) is 13.8 Å². The normalized spacial score (nSPS) is 9.85. The van der Waals surface area contributed by atoms with Crippen LogP contribution in [0.3, 0.4) is 0 Å². The van der Waals surface area contributed by atoms with E-state index in [1.807, 2.05) is 74.5 Å². The van der Waals surface area contributed by atoms with Gasteiger partial charge in [-0.3, -0.25) is 0 Å². The highest BCUT2D eigenvalue weighted by Crippen LogP contribution is 2.38. The highest BCUT2D eigenvalue weighted by Gasteiger charge is 2.15. The van der Waals surface area contributed by atoms with Gasteiger partial charge in [0.1, 0.15) is 23.6 Å². The molecule has 0 amide bonds. The van der Waals surface area contributed by atoms with Crippen molar-refractivity contribution in [3.05, 3.63) is 82.9 Å². The van der Waals surface area contributed by atoms with Gasteiger partial charge in [0.25, 0.3) is 0 Å². The third-order valence-electron chi connectivity index (χ3n) is 3.95. The quantitative estimate of drug-likeness (QED) is 0.617. The van der Waals surface area contributed by atoms with Gasteiger partial charge in [-0.25, -0.2) is 0 Å². The van der Waals surface area contributed by atoms with E-state index in [0.29, 0.717) is 23.0 Å². The summed E-state index contributed by atoms with van der Waals surface area (Å²) in [4.78, 5) is 0. The van der Waals surface area contributed by atoms with Gasteiger partial charge in [-0.2, -0.15) is 10.5 Å². The fraction of sp³-hybridized carbons (Fsp3) is 0.0909. The van der Waals surface area contributed by atoms with Crippen LogP contribution in [0.15, 0.2) is 60.7 Å². The minimum absolute atomic E-state index is 0.244. The predicted molar refractivity (Wildman–Crippen MR) is 98.4 cm³/mol. The van der Waals surface area contributed by atoms with Gasteiger partial charge in [-0.1, -0.05) is 36.4 Å². The number of hydrogen-bond acceptors (Lipinski definition) is 4. The predicted octanol–water partition coefficient (Wildman–Crippen LogP) is 5.63. The van der Waals surface area contributed by atoms with E-state index in [1.165, 1.54) is 0 Å². The molecule has 3 aromatic rings. The molecule has 0 N–H and O–H groups in total. The van der Waals surface area contributed by atoms with Gasteiger partial charge in [-0.15, -0.1) is 0 Å². The smallest absolute Gasteiger partial charge is 0.171 e. The average Bonchev–Trinajstić information content (AvgIpc) is 2.66. The first-order valence-corrected chi connectivity index (χ1v) is 8.07. The molecule has 0 heterocycles. The molecule has 4 heteroatoms. The molecule has 0 aliphatic heterocycles. The van der Waals surface area contributed by atoms with Gasteiger partial charge in [-0.05, 0) is 37.1 Å². The first-order valence-electron chi connectivity index (χ1n) is 8.07. The first-order chi connectivity index (χ1) is 12.6. The van der Waals surface area contributed by atoms with E-state index in [9.17, 15) is 10.5 Å². The summed E-state index contributed by atoms with van der Waals surface area (Å²) in [5.41, 5.74) is 2.40. The van der Waals surface area contributed by atoms with Gasteiger partial charge in [0.2, 0.25) is 0 Å². The topological polar surface area (TPSA) is 66.0 Å². The molecule has 0 atom stereocenters. The molecule has 0 aromatic heterocycles. The lowest BCUT2D eigenvalue weighted by molar-refractivity contribution is 0.415. The van der Waals surface area contributed by atoms with Gasteiger partial charge >= 0.3 is 0 Å². The third-order valence-corrected chi connectivity index (χ3v) is 3.95. The molecule has 3 aromatic carbocycles. The Labute approximate surface area is 152 Å². The number of nitriles is 2. The molecule has 0 spiro atoms. The molecule has 126 valence electrons. The maximum absolute atomic E-state index is 9.32. The van der Waals surface area contributed by atoms with Crippen molar-refractivity contribution in [3.63, 3.8) is 0 Å². The van der Waals surface area contributed by atoms with E-state index in [4.69, 9.17) is 9.47 Å². The van der Waals surface area contributed by atoms with E-state index in [0.717, 1.165) is 11.1 Å². The maximum atomic E-state index is 9.32.